The summed E-state index contributed by atoms with van der Waals surface area (Å²) in [7, 11) is 4.01. The molecule has 1 heterocycles. The summed E-state index contributed by atoms with van der Waals surface area (Å²) < 4.78 is 0. The first-order chi connectivity index (χ1) is 13.5. The molecule has 0 radical (unpaired) electrons. The number of hydrogen-bond acceptors (Lipinski definition) is 3. The second-order valence-electron chi connectivity index (χ2n) is 7.34. The van der Waals surface area contributed by atoms with E-state index in [-0.39, 0.29) is 17.9 Å². The Hall–Kier alpha value is -3.02. The van der Waals surface area contributed by atoms with Gasteiger partial charge in [-0.15, -0.1) is 0 Å². The van der Waals surface area contributed by atoms with Gasteiger partial charge in [-0.3, -0.25) is 4.79 Å². The smallest absolute Gasteiger partial charge is 0.321 e. The predicted molar refractivity (Wildman–Crippen MR) is 112 cm³/mol. The molecule has 0 atom stereocenters. The van der Waals surface area contributed by atoms with Crippen LogP contribution in [0.25, 0.3) is 0 Å². The lowest BCUT2D eigenvalue weighted by atomic mass is 9.96. The van der Waals surface area contributed by atoms with Crippen molar-refractivity contribution in [2.24, 2.45) is 5.92 Å². The second kappa shape index (κ2) is 9.26. The molecule has 1 fully saturated rings. The zero-order valence-electron chi connectivity index (χ0n) is 16.5. The van der Waals surface area contributed by atoms with Gasteiger partial charge >= 0.3 is 6.03 Å². The number of nitrogens with one attached hydrogen (secondary N) is 2. The molecule has 0 saturated carbocycles. The molecule has 2 aromatic rings. The van der Waals surface area contributed by atoms with E-state index in [1.807, 2.05) is 73.6 Å². The quantitative estimate of drug-likeness (QED) is 0.836. The molecule has 6 nitrogen and oxygen atoms in total. The Balaban J connectivity index is 1.42. The summed E-state index contributed by atoms with van der Waals surface area (Å²) in [5, 5.41) is 5.93. The largest absolute Gasteiger partial charge is 0.378 e. The number of benzene rings is 2. The number of urea groups is 1. The van der Waals surface area contributed by atoms with Gasteiger partial charge in [-0.2, -0.15) is 0 Å². The van der Waals surface area contributed by atoms with Gasteiger partial charge in [0.15, 0.2) is 0 Å². The molecule has 2 N–H and O–H groups in total. The summed E-state index contributed by atoms with van der Waals surface area (Å²) in [4.78, 5) is 28.6. The number of anilines is 2. The normalized spacial score (nSPS) is 14.4. The molecule has 0 aromatic heterocycles. The van der Waals surface area contributed by atoms with Gasteiger partial charge in [0, 0.05) is 51.0 Å². The van der Waals surface area contributed by atoms with Crippen LogP contribution in [0.1, 0.15) is 18.4 Å². The highest BCUT2D eigenvalue weighted by atomic mass is 16.2. The van der Waals surface area contributed by atoms with Crippen LogP contribution in [0.4, 0.5) is 16.2 Å². The molecule has 0 unspecified atom stereocenters. The second-order valence-corrected chi connectivity index (χ2v) is 7.34. The van der Waals surface area contributed by atoms with Crippen LogP contribution in [0.15, 0.2) is 54.6 Å². The molecule has 0 spiro atoms. The third-order valence-electron chi connectivity index (χ3n) is 5.10. The average Bonchev–Trinajstić information content (AvgIpc) is 2.73. The van der Waals surface area contributed by atoms with Gasteiger partial charge in [0.1, 0.15) is 0 Å². The monoisotopic (exact) mass is 380 g/mol. The molecule has 0 aliphatic carbocycles. The molecule has 1 saturated heterocycles. The van der Waals surface area contributed by atoms with Crippen LogP contribution in [0.3, 0.4) is 0 Å². The number of amides is 3. The maximum atomic E-state index is 12.5. The van der Waals surface area contributed by atoms with Crippen molar-refractivity contribution in [2.75, 3.05) is 37.4 Å². The van der Waals surface area contributed by atoms with Gasteiger partial charge in [-0.25, -0.2) is 4.79 Å². The van der Waals surface area contributed by atoms with E-state index < -0.39 is 0 Å². The van der Waals surface area contributed by atoms with E-state index in [0.29, 0.717) is 32.5 Å². The van der Waals surface area contributed by atoms with Gasteiger partial charge in [0.05, 0.1) is 0 Å². The van der Waals surface area contributed by atoms with Gasteiger partial charge in [0.2, 0.25) is 5.91 Å². The van der Waals surface area contributed by atoms with Crippen LogP contribution in [0.2, 0.25) is 0 Å². The van der Waals surface area contributed by atoms with Gasteiger partial charge in [0.25, 0.3) is 0 Å². The Morgan fingerprint density at radius 2 is 1.64 bits per heavy atom. The number of hydrogen-bond donors (Lipinski definition) is 2. The molecule has 6 heteroatoms. The number of piperidine rings is 1. The highest BCUT2D eigenvalue weighted by molar-refractivity contribution is 5.89. The van der Waals surface area contributed by atoms with Crippen LogP contribution in [0.5, 0.6) is 0 Å². The van der Waals surface area contributed by atoms with Crippen molar-refractivity contribution in [3.05, 3.63) is 60.2 Å². The van der Waals surface area contributed by atoms with Crippen LogP contribution >= 0.6 is 0 Å². The van der Waals surface area contributed by atoms with Gasteiger partial charge < -0.3 is 20.4 Å². The summed E-state index contributed by atoms with van der Waals surface area (Å²) in [6, 6.07) is 17.5. The zero-order valence-corrected chi connectivity index (χ0v) is 16.5. The first-order valence-electron chi connectivity index (χ1n) is 9.68. The Morgan fingerprint density at radius 1 is 1.00 bits per heavy atom. The number of carbonyl (C=O) groups is 2. The van der Waals surface area contributed by atoms with Crippen molar-refractivity contribution in [1.29, 1.82) is 0 Å². The van der Waals surface area contributed by atoms with Crippen molar-refractivity contribution >= 4 is 23.3 Å². The van der Waals surface area contributed by atoms with Crippen molar-refractivity contribution in [3.8, 4) is 0 Å². The highest BCUT2D eigenvalue weighted by Gasteiger charge is 2.27. The van der Waals surface area contributed by atoms with Crippen LogP contribution in [-0.4, -0.2) is 44.0 Å². The lowest BCUT2D eigenvalue weighted by molar-refractivity contribution is -0.126. The Morgan fingerprint density at radius 3 is 2.25 bits per heavy atom. The number of carbonyl (C=O) groups excluding carboxylic acids is 2. The molecule has 2 aromatic carbocycles. The molecule has 28 heavy (non-hydrogen) atoms. The summed E-state index contributed by atoms with van der Waals surface area (Å²) in [5.74, 6) is 0.0293. The number of likely N-dealkylation sites (tertiary alicyclic amines) is 1. The fourth-order valence-electron chi connectivity index (χ4n) is 3.31. The summed E-state index contributed by atoms with van der Waals surface area (Å²) in [6.07, 6.45) is 1.38. The fourth-order valence-corrected chi connectivity index (χ4v) is 3.31. The molecule has 1 aliphatic rings. The highest BCUT2D eigenvalue weighted by Crippen LogP contribution is 2.19. The first-order valence-corrected chi connectivity index (χ1v) is 9.68. The summed E-state index contributed by atoms with van der Waals surface area (Å²) in [5.41, 5.74) is 3.00. The lowest BCUT2D eigenvalue weighted by Crippen LogP contribution is -2.44. The van der Waals surface area contributed by atoms with Crippen LogP contribution in [-0.2, 0) is 11.3 Å². The van der Waals surface area contributed by atoms with Crippen molar-refractivity contribution in [3.63, 3.8) is 0 Å². The minimum atomic E-state index is -0.106. The molecule has 1 aliphatic heterocycles. The van der Waals surface area contributed by atoms with Gasteiger partial charge in [-0.05, 0) is 42.7 Å². The number of nitrogens with zero attached hydrogens (tertiary/aromatic N) is 2. The third kappa shape index (κ3) is 5.25. The van der Waals surface area contributed by atoms with Crippen molar-refractivity contribution < 1.29 is 9.59 Å². The predicted octanol–water partition coefficient (Wildman–Crippen LogP) is 3.31. The van der Waals surface area contributed by atoms with E-state index >= 15 is 0 Å². The molecule has 3 amide bonds. The third-order valence-corrected chi connectivity index (χ3v) is 5.10. The Labute approximate surface area is 166 Å². The maximum Gasteiger partial charge on any atom is 0.321 e. The average molecular weight is 380 g/mol. The van der Waals surface area contributed by atoms with E-state index in [9.17, 15) is 9.59 Å². The van der Waals surface area contributed by atoms with Crippen LogP contribution in [0, 0.1) is 5.92 Å². The molecule has 3 rings (SSSR count). The first kappa shape index (κ1) is 19.7. The van der Waals surface area contributed by atoms with Crippen LogP contribution < -0.4 is 15.5 Å². The van der Waals surface area contributed by atoms with E-state index in [1.165, 1.54) is 0 Å². The molecular formula is C22H28N4O2. The molecular weight excluding hydrogens is 352 g/mol. The summed E-state index contributed by atoms with van der Waals surface area (Å²) >= 11 is 0. The van der Waals surface area contributed by atoms with E-state index in [4.69, 9.17) is 0 Å². The Bertz CT molecular complexity index is 782. The number of para-hydroxylation sites is 1. The van der Waals surface area contributed by atoms with Gasteiger partial charge in [-0.1, -0.05) is 30.3 Å². The Kier molecular flexibility index (Phi) is 6.53. The molecule has 0 bridgehead atoms. The summed E-state index contributed by atoms with van der Waals surface area (Å²) in [6.45, 7) is 1.71. The minimum absolute atomic E-state index is 0.0400. The van der Waals surface area contributed by atoms with E-state index in [2.05, 4.69) is 10.6 Å². The van der Waals surface area contributed by atoms with E-state index in [1.54, 1.807) is 4.90 Å². The SMILES string of the molecule is CN(C)c1ccc(CNC(=O)C2CCN(C(=O)Nc3ccccc3)CC2)cc1. The minimum Gasteiger partial charge on any atom is -0.378 e. The maximum absolute atomic E-state index is 12.5. The standard InChI is InChI=1S/C22H28N4O2/c1-25(2)20-10-8-17(9-11-20)16-23-21(27)18-12-14-26(15-13-18)22(28)24-19-6-4-3-5-7-19/h3-11,18H,12-16H2,1-2H3,(H,23,27)(H,24,28). The molecule has 148 valence electrons. The van der Waals surface area contributed by atoms with Crippen molar-refractivity contribution in [1.82, 2.24) is 10.2 Å². The topological polar surface area (TPSA) is 64.7 Å². The van der Waals surface area contributed by atoms with E-state index in [0.717, 1.165) is 16.9 Å². The lowest BCUT2D eigenvalue weighted by Gasteiger charge is -2.31. The van der Waals surface area contributed by atoms with Crippen molar-refractivity contribution in [2.45, 2.75) is 19.4 Å². The fraction of sp³-hybridized carbons (Fsp3) is 0.364. The zero-order chi connectivity index (χ0) is 19.9. The number of rotatable bonds is 5.